The van der Waals surface area contributed by atoms with Gasteiger partial charge in [0.2, 0.25) is 0 Å². The van der Waals surface area contributed by atoms with Crippen molar-refractivity contribution in [3.8, 4) is 0 Å². The molecule has 2 aromatic heterocycles. The average molecular weight is 398 g/mol. The molecule has 1 aromatic carbocycles. The number of rotatable bonds is 4. The molecule has 0 radical (unpaired) electrons. The molecule has 4 rings (SSSR count). The predicted octanol–water partition coefficient (Wildman–Crippen LogP) is 3.43. The monoisotopic (exact) mass is 398 g/mol. The topological polar surface area (TPSA) is 77.3 Å². The Morgan fingerprint density at radius 2 is 2.07 bits per heavy atom. The van der Waals surface area contributed by atoms with Crippen molar-refractivity contribution in [3.63, 3.8) is 0 Å². The fraction of sp³-hybridized carbons (Fsp3) is 0.400. The van der Waals surface area contributed by atoms with Gasteiger partial charge in [-0.05, 0) is 18.4 Å². The number of likely N-dealkylation sites (tertiary alicyclic amines) is 1. The first kappa shape index (κ1) is 18.6. The number of amides is 1. The van der Waals surface area contributed by atoms with Crippen LogP contribution in [0.2, 0.25) is 0 Å². The van der Waals surface area contributed by atoms with E-state index in [-0.39, 0.29) is 24.3 Å². The van der Waals surface area contributed by atoms with E-state index in [1.165, 1.54) is 11.3 Å². The van der Waals surface area contributed by atoms with Crippen molar-refractivity contribution < 1.29 is 9.53 Å². The van der Waals surface area contributed by atoms with Gasteiger partial charge in [0.25, 0.3) is 5.56 Å². The average Bonchev–Trinajstić information content (AvgIpc) is 3.36. The number of hydrogen-bond acceptors (Lipinski definition) is 6. The van der Waals surface area contributed by atoms with E-state index in [9.17, 15) is 9.59 Å². The first-order chi connectivity index (χ1) is 13.6. The SMILES string of the molecule is CCc1nc2sc([C@H]3CCCN3C(=O)OCc3ccccc3)nc2c(=O)n1C. The highest BCUT2D eigenvalue weighted by molar-refractivity contribution is 7.18. The number of aryl methyl sites for hydroxylation is 1. The zero-order chi connectivity index (χ0) is 19.7. The van der Waals surface area contributed by atoms with Crippen molar-refractivity contribution in [2.24, 2.45) is 7.05 Å². The lowest BCUT2D eigenvalue weighted by atomic mass is 10.2. The van der Waals surface area contributed by atoms with E-state index in [1.54, 1.807) is 16.5 Å². The van der Waals surface area contributed by atoms with Gasteiger partial charge < -0.3 is 4.74 Å². The number of carbonyl (C=O) groups is 1. The van der Waals surface area contributed by atoms with Gasteiger partial charge in [-0.25, -0.2) is 14.8 Å². The molecule has 7 nitrogen and oxygen atoms in total. The number of fused-ring (bicyclic) bond motifs is 1. The Hall–Kier alpha value is -2.74. The smallest absolute Gasteiger partial charge is 0.410 e. The maximum Gasteiger partial charge on any atom is 0.410 e. The Morgan fingerprint density at radius 1 is 1.29 bits per heavy atom. The van der Waals surface area contributed by atoms with E-state index in [2.05, 4.69) is 9.97 Å². The van der Waals surface area contributed by atoms with Crippen LogP contribution in [-0.2, 0) is 24.8 Å². The molecule has 1 aliphatic rings. The second-order valence-electron chi connectivity index (χ2n) is 6.84. The summed E-state index contributed by atoms with van der Waals surface area (Å²) in [5, 5.41) is 0.752. The zero-order valence-corrected chi connectivity index (χ0v) is 16.7. The molecule has 0 unspecified atom stereocenters. The largest absolute Gasteiger partial charge is 0.445 e. The molecule has 0 aliphatic carbocycles. The van der Waals surface area contributed by atoms with Gasteiger partial charge in [0.15, 0.2) is 10.3 Å². The quantitative estimate of drug-likeness (QED) is 0.673. The molecule has 0 spiro atoms. The minimum Gasteiger partial charge on any atom is -0.445 e. The molecule has 0 saturated carbocycles. The van der Waals surface area contributed by atoms with E-state index in [0.717, 1.165) is 29.2 Å². The lowest BCUT2D eigenvalue weighted by Crippen LogP contribution is -2.31. The molecule has 28 heavy (non-hydrogen) atoms. The Labute approximate surface area is 166 Å². The Balaban J connectivity index is 1.57. The molecule has 0 N–H and O–H groups in total. The van der Waals surface area contributed by atoms with Crippen LogP contribution in [0.1, 0.15) is 42.2 Å². The third kappa shape index (κ3) is 3.40. The maximum atomic E-state index is 12.6. The molecular formula is C20H22N4O3S. The van der Waals surface area contributed by atoms with Crippen molar-refractivity contribution in [1.82, 2.24) is 19.4 Å². The highest BCUT2D eigenvalue weighted by atomic mass is 32.1. The fourth-order valence-electron chi connectivity index (χ4n) is 3.51. The van der Waals surface area contributed by atoms with E-state index < -0.39 is 0 Å². The molecule has 3 aromatic rings. The normalized spacial score (nSPS) is 16.6. The molecule has 1 amide bonds. The number of benzene rings is 1. The predicted molar refractivity (Wildman–Crippen MR) is 107 cm³/mol. The minimum absolute atomic E-state index is 0.138. The van der Waals surface area contributed by atoms with Crippen LogP contribution in [-0.4, -0.2) is 32.1 Å². The third-order valence-electron chi connectivity index (χ3n) is 5.04. The van der Waals surface area contributed by atoms with Crippen LogP contribution in [0.4, 0.5) is 4.79 Å². The molecule has 146 valence electrons. The van der Waals surface area contributed by atoms with E-state index in [1.807, 2.05) is 37.3 Å². The summed E-state index contributed by atoms with van der Waals surface area (Å²) in [5.41, 5.74) is 1.19. The summed E-state index contributed by atoms with van der Waals surface area (Å²) in [6.45, 7) is 2.83. The lowest BCUT2D eigenvalue weighted by Gasteiger charge is -2.22. The van der Waals surface area contributed by atoms with Crippen molar-refractivity contribution >= 4 is 27.8 Å². The molecular weight excluding hydrogens is 376 g/mol. The molecule has 1 saturated heterocycles. The second-order valence-corrected chi connectivity index (χ2v) is 7.85. The van der Waals surface area contributed by atoms with Crippen molar-refractivity contribution in [1.29, 1.82) is 0 Å². The summed E-state index contributed by atoms with van der Waals surface area (Å²) in [4.78, 5) is 36.7. The van der Waals surface area contributed by atoms with Gasteiger partial charge in [-0.1, -0.05) is 48.6 Å². The second kappa shape index (κ2) is 7.71. The highest BCUT2D eigenvalue weighted by Crippen LogP contribution is 2.35. The first-order valence-corrected chi connectivity index (χ1v) is 10.2. The lowest BCUT2D eigenvalue weighted by molar-refractivity contribution is 0.0920. The molecule has 3 heterocycles. The Kier molecular flexibility index (Phi) is 5.13. The summed E-state index contributed by atoms with van der Waals surface area (Å²) in [6.07, 6.45) is 2.02. The number of thiazole rings is 1. The van der Waals surface area contributed by atoms with Crippen LogP contribution in [0, 0.1) is 0 Å². The molecule has 1 fully saturated rings. The van der Waals surface area contributed by atoms with E-state index in [0.29, 0.717) is 23.3 Å². The van der Waals surface area contributed by atoms with E-state index >= 15 is 0 Å². The van der Waals surface area contributed by atoms with Crippen LogP contribution < -0.4 is 5.56 Å². The summed E-state index contributed by atoms with van der Waals surface area (Å²) >= 11 is 1.40. The number of carbonyl (C=O) groups excluding carboxylic acids is 1. The van der Waals surface area contributed by atoms with Gasteiger partial charge >= 0.3 is 6.09 Å². The van der Waals surface area contributed by atoms with Crippen LogP contribution in [0.15, 0.2) is 35.1 Å². The standard InChI is InChI=1S/C20H22N4O3S/c1-3-15-21-18-16(19(25)23(15)2)22-17(28-18)14-10-7-11-24(14)20(26)27-12-13-8-5-4-6-9-13/h4-6,8-9,14H,3,7,10-12H2,1-2H3/t14-/m1/s1. The van der Waals surface area contributed by atoms with Crippen molar-refractivity contribution in [2.75, 3.05) is 6.54 Å². The Bertz CT molecular complexity index is 1060. The molecule has 0 bridgehead atoms. The fourth-order valence-corrected chi connectivity index (χ4v) is 4.61. The van der Waals surface area contributed by atoms with Crippen molar-refractivity contribution in [3.05, 3.63) is 57.1 Å². The van der Waals surface area contributed by atoms with Gasteiger partial charge in [-0.3, -0.25) is 14.3 Å². The van der Waals surface area contributed by atoms with Crippen LogP contribution in [0.3, 0.4) is 0 Å². The van der Waals surface area contributed by atoms with Crippen LogP contribution in [0.5, 0.6) is 0 Å². The summed E-state index contributed by atoms with van der Waals surface area (Å²) < 4.78 is 7.05. The summed E-state index contributed by atoms with van der Waals surface area (Å²) in [5.74, 6) is 0.734. The van der Waals surface area contributed by atoms with E-state index in [4.69, 9.17) is 4.74 Å². The molecule has 1 aliphatic heterocycles. The van der Waals surface area contributed by atoms with Gasteiger partial charge in [0.05, 0.1) is 6.04 Å². The van der Waals surface area contributed by atoms with Crippen LogP contribution >= 0.6 is 11.3 Å². The molecule has 8 heteroatoms. The third-order valence-corrected chi connectivity index (χ3v) is 6.10. The minimum atomic E-state index is -0.347. The summed E-state index contributed by atoms with van der Waals surface area (Å²) in [6, 6.07) is 9.45. The Morgan fingerprint density at radius 3 is 2.82 bits per heavy atom. The van der Waals surface area contributed by atoms with Gasteiger partial charge in [-0.2, -0.15) is 0 Å². The number of nitrogens with zero attached hydrogens (tertiary/aromatic N) is 4. The van der Waals surface area contributed by atoms with Gasteiger partial charge in [-0.15, -0.1) is 0 Å². The first-order valence-electron chi connectivity index (χ1n) is 9.42. The number of hydrogen-bond donors (Lipinski definition) is 0. The van der Waals surface area contributed by atoms with Gasteiger partial charge in [0.1, 0.15) is 17.4 Å². The van der Waals surface area contributed by atoms with Crippen molar-refractivity contribution in [2.45, 2.75) is 38.8 Å². The maximum absolute atomic E-state index is 12.6. The number of ether oxygens (including phenoxy) is 1. The zero-order valence-electron chi connectivity index (χ0n) is 15.9. The molecule has 1 atom stereocenters. The number of aromatic nitrogens is 3. The summed E-state index contributed by atoms with van der Waals surface area (Å²) in [7, 11) is 1.72. The van der Waals surface area contributed by atoms with Crippen LogP contribution in [0.25, 0.3) is 10.3 Å². The highest BCUT2D eigenvalue weighted by Gasteiger charge is 2.34. The van der Waals surface area contributed by atoms with Gasteiger partial charge in [0, 0.05) is 20.0 Å².